The number of rotatable bonds is 6. The van der Waals surface area contributed by atoms with Crippen molar-refractivity contribution in [1.29, 1.82) is 0 Å². The van der Waals surface area contributed by atoms with Crippen molar-refractivity contribution < 1.29 is 23.5 Å². The van der Waals surface area contributed by atoms with Gasteiger partial charge < -0.3 is 9.47 Å². The maximum Gasteiger partial charge on any atom is 0.197 e. The molecule has 31 heavy (non-hydrogen) atoms. The third-order valence-electron chi connectivity index (χ3n) is 4.85. The van der Waals surface area contributed by atoms with E-state index >= 15 is 0 Å². The minimum atomic E-state index is -0.332. The van der Waals surface area contributed by atoms with E-state index in [0.717, 1.165) is 0 Å². The van der Waals surface area contributed by atoms with Crippen LogP contribution >= 0.6 is 15.9 Å². The van der Waals surface area contributed by atoms with Crippen molar-refractivity contribution in [3.8, 4) is 11.5 Å². The maximum absolute atomic E-state index is 13.4. The number of fused-ring (bicyclic) bond motifs is 1. The van der Waals surface area contributed by atoms with Crippen LogP contribution in [-0.2, 0) is 6.61 Å². The highest BCUT2D eigenvalue weighted by Crippen LogP contribution is 2.37. The van der Waals surface area contributed by atoms with E-state index in [2.05, 4.69) is 15.9 Å². The fourth-order valence-electron chi connectivity index (χ4n) is 3.39. The Balaban J connectivity index is 1.65. The van der Waals surface area contributed by atoms with Gasteiger partial charge in [0.05, 0.1) is 12.2 Å². The first-order chi connectivity index (χ1) is 15.0. The second-order valence-corrected chi connectivity index (χ2v) is 7.79. The van der Waals surface area contributed by atoms with E-state index in [9.17, 15) is 14.0 Å². The number of benzene rings is 3. The summed E-state index contributed by atoms with van der Waals surface area (Å²) in [6, 6.07) is 16.4. The normalized spacial score (nSPS) is 12.7. The number of hydrogen-bond acceptors (Lipinski definition) is 4. The van der Waals surface area contributed by atoms with E-state index in [4.69, 9.17) is 9.47 Å². The molecule has 156 valence electrons. The Kier molecular flexibility index (Phi) is 6.00. The van der Waals surface area contributed by atoms with Crippen molar-refractivity contribution in [2.24, 2.45) is 0 Å². The summed E-state index contributed by atoms with van der Waals surface area (Å²) in [6.45, 7) is 2.41. The highest BCUT2D eigenvalue weighted by Gasteiger charge is 2.32. The predicted octanol–water partition coefficient (Wildman–Crippen LogP) is 6.03. The SMILES string of the molecule is CCOc1cc(C=C2C(=O)c3ccccc3C2=O)c(Br)cc1OCc1cccc(F)c1. The number of carbonyl (C=O) groups is 2. The minimum Gasteiger partial charge on any atom is -0.490 e. The van der Waals surface area contributed by atoms with Gasteiger partial charge in [-0.25, -0.2) is 4.39 Å². The van der Waals surface area contributed by atoms with Gasteiger partial charge in [0.25, 0.3) is 0 Å². The largest absolute Gasteiger partial charge is 0.490 e. The molecule has 3 aromatic carbocycles. The van der Waals surface area contributed by atoms with Crippen molar-refractivity contribution >= 4 is 33.6 Å². The summed E-state index contributed by atoms with van der Waals surface area (Å²) in [7, 11) is 0. The van der Waals surface area contributed by atoms with Crippen molar-refractivity contribution in [2.45, 2.75) is 13.5 Å². The highest BCUT2D eigenvalue weighted by molar-refractivity contribution is 9.10. The van der Waals surface area contributed by atoms with Crippen LogP contribution in [0.15, 0.2) is 70.7 Å². The van der Waals surface area contributed by atoms with E-state index < -0.39 is 0 Å². The van der Waals surface area contributed by atoms with Crippen LogP contribution in [0.1, 0.15) is 38.8 Å². The smallest absolute Gasteiger partial charge is 0.197 e. The lowest BCUT2D eigenvalue weighted by Crippen LogP contribution is -2.02. The number of allylic oxidation sites excluding steroid dienone is 1. The molecule has 0 heterocycles. The van der Waals surface area contributed by atoms with Crippen molar-refractivity contribution in [3.63, 3.8) is 0 Å². The summed E-state index contributed by atoms with van der Waals surface area (Å²) in [5, 5.41) is 0. The van der Waals surface area contributed by atoms with Gasteiger partial charge in [-0.2, -0.15) is 0 Å². The molecule has 0 amide bonds. The molecule has 0 fully saturated rings. The first kappa shape index (κ1) is 21.0. The highest BCUT2D eigenvalue weighted by atomic mass is 79.9. The lowest BCUT2D eigenvalue weighted by atomic mass is 10.1. The van der Waals surface area contributed by atoms with E-state index in [-0.39, 0.29) is 29.6 Å². The van der Waals surface area contributed by atoms with Crippen LogP contribution < -0.4 is 9.47 Å². The van der Waals surface area contributed by atoms with Gasteiger partial charge in [0, 0.05) is 15.6 Å². The Labute approximate surface area is 187 Å². The quantitative estimate of drug-likeness (QED) is 0.319. The number of Topliss-reactive ketones (excluding diaryl/α,β-unsaturated/α-hetero) is 2. The maximum atomic E-state index is 13.4. The first-order valence-corrected chi connectivity index (χ1v) is 10.5. The molecular formula is C25H18BrFO4. The molecular weight excluding hydrogens is 463 g/mol. The standard InChI is InChI=1S/C25H18BrFO4/c1-2-30-22-12-16(11-20-24(28)18-8-3-4-9-19(18)25(20)29)21(26)13-23(22)31-14-15-6-5-7-17(27)10-15/h3-13H,2,14H2,1H3. The average molecular weight is 481 g/mol. The second kappa shape index (κ2) is 8.86. The Morgan fingerprint density at radius 2 is 1.58 bits per heavy atom. The predicted molar refractivity (Wildman–Crippen MR) is 119 cm³/mol. The molecule has 0 unspecified atom stereocenters. The van der Waals surface area contributed by atoms with Gasteiger partial charge in [-0.3, -0.25) is 9.59 Å². The van der Waals surface area contributed by atoms with E-state index in [1.807, 2.05) is 6.92 Å². The third-order valence-corrected chi connectivity index (χ3v) is 5.54. The van der Waals surface area contributed by atoms with Crippen LogP contribution in [0.3, 0.4) is 0 Å². The molecule has 0 aliphatic heterocycles. The summed E-state index contributed by atoms with van der Waals surface area (Å²) < 4.78 is 25.6. The number of ether oxygens (including phenoxy) is 2. The molecule has 0 atom stereocenters. The third kappa shape index (κ3) is 4.30. The zero-order valence-corrected chi connectivity index (χ0v) is 18.2. The number of halogens is 2. The molecule has 0 spiro atoms. The van der Waals surface area contributed by atoms with Gasteiger partial charge in [0.15, 0.2) is 23.1 Å². The molecule has 4 rings (SSSR count). The summed E-state index contributed by atoms with van der Waals surface area (Å²) in [6.07, 6.45) is 1.56. The Morgan fingerprint density at radius 3 is 2.23 bits per heavy atom. The monoisotopic (exact) mass is 480 g/mol. The van der Waals surface area contributed by atoms with Crippen molar-refractivity contribution in [3.05, 3.63) is 98.8 Å². The lowest BCUT2D eigenvalue weighted by Gasteiger charge is -2.14. The molecule has 0 saturated heterocycles. The van der Waals surface area contributed by atoms with E-state index in [1.165, 1.54) is 12.1 Å². The fraction of sp³-hybridized carbons (Fsp3) is 0.120. The Hall–Kier alpha value is -3.25. The average Bonchev–Trinajstić information content (AvgIpc) is 3.00. The molecule has 0 bridgehead atoms. The second-order valence-electron chi connectivity index (χ2n) is 6.93. The topological polar surface area (TPSA) is 52.6 Å². The Bertz CT molecular complexity index is 1180. The van der Waals surface area contributed by atoms with Crippen LogP contribution in [0.4, 0.5) is 4.39 Å². The summed E-state index contributed by atoms with van der Waals surface area (Å²) in [4.78, 5) is 25.4. The van der Waals surface area contributed by atoms with E-state index in [1.54, 1.807) is 54.6 Å². The molecule has 1 aliphatic carbocycles. The molecule has 6 heteroatoms. The first-order valence-electron chi connectivity index (χ1n) is 9.71. The van der Waals surface area contributed by atoms with Gasteiger partial charge in [-0.05, 0) is 48.4 Å². The van der Waals surface area contributed by atoms with Crippen molar-refractivity contribution in [1.82, 2.24) is 0 Å². The molecule has 1 aliphatic rings. The van der Waals surface area contributed by atoms with E-state index in [0.29, 0.717) is 44.8 Å². The molecule has 0 N–H and O–H groups in total. The Morgan fingerprint density at radius 1 is 0.903 bits per heavy atom. The van der Waals surface area contributed by atoms with Crippen LogP contribution in [0.25, 0.3) is 6.08 Å². The van der Waals surface area contributed by atoms with Crippen LogP contribution in [0.2, 0.25) is 0 Å². The van der Waals surface area contributed by atoms with Gasteiger partial charge in [0.2, 0.25) is 0 Å². The number of carbonyl (C=O) groups excluding carboxylic acids is 2. The number of hydrogen-bond donors (Lipinski definition) is 0. The van der Waals surface area contributed by atoms with Gasteiger partial charge in [-0.15, -0.1) is 0 Å². The van der Waals surface area contributed by atoms with Gasteiger partial charge >= 0.3 is 0 Å². The molecule has 3 aromatic rings. The van der Waals surface area contributed by atoms with Crippen molar-refractivity contribution in [2.75, 3.05) is 6.61 Å². The summed E-state index contributed by atoms with van der Waals surface area (Å²) in [5.74, 6) is 0.00631. The minimum absolute atomic E-state index is 0.109. The van der Waals surface area contributed by atoms with Gasteiger partial charge in [-0.1, -0.05) is 52.3 Å². The lowest BCUT2D eigenvalue weighted by molar-refractivity contribution is 0.0990. The molecule has 0 saturated carbocycles. The summed E-state index contributed by atoms with van der Waals surface area (Å²) >= 11 is 3.49. The zero-order chi connectivity index (χ0) is 22.0. The van der Waals surface area contributed by atoms with Crippen LogP contribution in [0, 0.1) is 5.82 Å². The summed E-state index contributed by atoms with van der Waals surface area (Å²) in [5.41, 5.74) is 2.23. The number of ketones is 2. The van der Waals surface area contributed by atoms with Crippen LogP contribution in [0.5, 0.6) is 11.5 Å². The molecule has 0 aromatic heterocycles. The molecule has 4 nitrogen and oxygen atoms in total. The van der Waals surface area contributed by atoms with Crippen LogP contribution in [-0.4, -0.2) is 18.2 Å². The molecule has 0 radical (unpaired) electrons. The zero-order valence-electron chi connectivity index (χ0n) is 16.7. The fourth-order valence-corrected chi connectivity index (χ4v) is 3.83. The van der Waals surface area contributed by atoms with Gasteiger partial charge in [0.1, 0.15) is 12.4 Å².